The van der Waals surface area contributed by atoms with Gasteiger partial charge in [-0.2, -0.15) is 0 Å². The van der Waals surface area contributed by atoms with Crippen LogP contribution in [0.1, 0.15) is 39.0 Å². The zero-order chi connectivity index (χ0) is 12.4. The van der Waals surface area contributed by atoms with Crippen molar-refractivity contribution in [2.45, 2.75) is 39.0 Å². The number of hydrogen-bond acceptors (Lipinski definition) is 2. The summed E-state index contributed by atoms with van der Waals surface area (Å²) in [6.45, 7) is 3.47. The molecule has 1 saturated carbocycles. The van der Waals surface area contributed by atoms with Crippen LogP contribution >= 0.6 is 0 Å². The molecule has 2 aliphatic rings. The molecule has 0 aromatic heterocycles. The number of rotatable bonds is 4. The van der Waals surface area contributed by atoms with Crippen LogP contribution in [0.25, 0.3) is 0 Å². The van der Waals surface area contributed by atoms with Crippen molar-refractivity contribution >= 4 is 11.9 Å². The van der Waals surface area contributed by atoms with E-state index in [0.717, 1.165) is 19.4 Å². The van der Waals surface area contributed by atoms with E-state index in [0.29, 0.717) is 12.5 Å². The summed E-state index contributed by atoms with van der Waals surface area (Å²) in [5.41, 5.74) is 0. The molecule has 0 radical (unpaired) electrons. The van der Waals surface area contributed by atoms with Crippen LogP contribution in [-0.4, -0.2) is 35.0 Å². The van der Waals surface area contributed by atoms with Gasteiger partial charge in [0.25, 0.3) is 0 Å². The molecular formula is C13H21NO3. The first-order valence-electron chi connectivity index (χ1n) is 6.58. The molecule has 2 unspecified atom stereocenters. The average molecular weight is 239 g/mol. The summed E-state index contributed by atoms with van der Waals surface area (Å²) < 4.78 is 0. The van der Waals surface area contributed by atoms with Gasteiger partial charge in [-0.25, -0.2) is 0 Å². The molecule has 96 valence electrons. The first kappa shape index (κ1) is 12.4. The maximum absolute atomic E-state index is 12.2. The third-order valence-corrected chi connectivity index (χ3v) is 4.01. The minimum Gasteiger partial charge on any atom is -0.481 e. The summed E-state index contributed by atoms with van der Waals surface area (Å²) in [4.78, 5) is 24.8. The number of carbonyl (C=O) groups is 2. The number of nitrogens with zero attached hydrogens (tertiary/aromatic N) is 1. The summed E-state index contributed by atoms with van der Waals surface area (Å²) in [5.74, 6) is 0.361. The molecule has 2 atom stereocenters. The topological polar surface area (TPSA) is 57.6 Å². The van der Waals surface area contributed by atoms with E-state index in [4.69, 9.17) is 5.11 Å². The molecule has 0 aromatic rings. The molecule has 1 aliphatic carbocycles. The highest BCUT2D eigenvalue weighted by Crippen LogP contribution is 2.38. The third kappa shape index (κ3) is 3.20. The van der Waals surface area contributed by atoms with Crippen molar-refractivity contribution in [3.8, 4) is 0 Å². The quantitative estimate of drug-likeness (QED) is 0.813. The molecule has 2 fully saturated rings. The van der Waals surface area contributed by atoms with Gasteiger partial charge in [-0.1, -0.05) is 6.92 Å². The fourth-order valence-electron chi connectivity index (χ4n) is 2.76. The van der Waals surface area contributed by atoms with E-state index in [1.807, 2.05) is 11.8 Å². The second kappa shape index (κ2) is 5.07. The fourth-order valence-corrected chi connectivity index (χ4v) is 2.76. The van der Waals surface area contributed by atoms with Crippen LogP contribution in [0.4, 0.5) is 0 Å². The Bertz CT molecular complexity index is 312. The number of piperidine rings is 1. The van der Waals surface area contributed by atoms with Gasteiger partial charge in [0, 0.05) is 25.4 Å². The Balaban J connectivity index is 1.87. The molecular weight excluding hydrogens is 218 g/mol. The molecule has 0 bridgehead atoms. The molecule has 0 aromatic carbocycles. The third-order valence-electron chi connectivity index (χ3n) is 4.01. The molecule has 1 heterocycles. The molecule has 0 spiro atoms. The number of carboxylic acids is 1. The Morgan fingerprint density at radius 3 is 2.65 bits per heavy atom. The van der Waals surface area contributed by atoms with Crippen molar-refractivity contribution in [1.29, 1.82) is 0 Å². The number of likely N-dealkylation sites (tertiary alicyclic amines) is 1. The van der Waals surface area contributed by atoms with E-state index >= 15 is 0 Å². The van der Waals surface area contributed by atoms with E-state index in [1.54, 1.807) is 0 Å². The Morgan fingerprint density at radius 2 is 2.06 bits per heavy atom. The predicted octanol–water partition coefficient (Wildman–Crippen LogP) is 1.75. The van der Waals surface area contributed by atoms with Crippen LogP contribution < -0.4 is 0 Å². The van der Waals surface area contributed by atoms with E-state index in [2.05, 4.69) is 0 Å². The SMILES string of the molecule is CC(C(=O)N1CCCC(CC(=O)O)C1)C1CC1. The van der Waals surface area contributed by atoms with Crippen molar-refractivity contribution in [1.82, 2.24) is 4.90 Å². The molecule has 2 rings (SSSR count). The number of carbonyl (C=O) groups excluding carboxylic acids is 1. The maximum atomic E-state index is 12.2. The number of carboxylic acid groups (broad SMARTS) is 1. The van der Waals surface area contributed by atoms with Gasteiger partial charge in [0.15, 0.2) is 0 Å². The lowest BCUT2D eigenvalue weighted by Gasteiger charge is -2.33. The molecule has 1 N–H and O–H groups in total. The molecule has 1 amide bonds. The molecule has 4 nitrogen and oxygen atoms in total. The van der Waals surface area contributed by atoms with Gasteiger partial charge in [0.1, 0.15) is 0 Å². The second-order valence-corrected chi connectivity index (χ2v) is 5.52. The van der Waals surface area contributed by atoms with Crippen molar-refractivity contribution in [2.24, 2.45) is 17.8 Å². The normalized spacial score (nSPS) is 26.6. The standard InChI is InChI=1S/C13H21NO3/c1-9(11-4-5-11)13(17)14-6-2-3-10(8-14)7-12(15)16/h9-11H,2-8H2,1H3,(H,15,16). The van der Waals surface area contributed by atoms with E-state index in [9.17, 15) is 9.59 Å². The molecule has 17 heavy (non-hydrogen) atoms. The van der Waals surface area contributed by atoms with Crippen molar-refractivity contribution < 1.29 is 14.7 Å². The zero-order valence-electron chi connectivity index (χ0n) is 10.4. The van der Waals surface area contributed by atoms with Gasteiger partial charge in [0.05, 0.1) is 0 Å². The highest BCUT2D eigenvalue weighted by atomic mass is 16.4. The fraction of sp³-hybridized carbons (Fsp3) is 0.846. The Hall–Kier alpha value is -1.06. The minimum atomic E-state index is -0.750. The average Bonchev–Trinajstić information content (AvgIpc) is 3.10. The first-order chi connectivity index (χ1) is 8.08. The largest absolute Gasteiger partial charge is 0.481 e. The Kier molecular flexibility index (Phi) is 3.69. The molecule has 1 saturated heterocycles. The van der Waals surface area contributed by atoms with Crippen LogP contribution in [0.15, 0.2) is 0 Å². The van der Waals surface area contributed by atoms with Gasteiger partial charge in [0.2, 0.25) is 5.91 Å². The smallest absolute Gasteiger partial charge is 0.303 e. The summed E-state index contributed by atoms with van der Waals surface area (Å²) in [6.07, 6.45) is 4.44. The highest BCUT2D eigenvalue weighted by molar-refractivity contribution is 5.79. The number of amides is 1. The van der Waals surface area contributed by atoms with Crippen molar-refractivity contribution in [3.63, 3.8) is 0 Å². The number of hydrogen-bond donors (Lipinski definition) is 1. The summed E-state index contributed by atoms with van der Waals surface area (Å²) in [6, 6.07) is 0. The van der Waals surface area contributed by atoms with Gasteiger partial charge < -0.3 is 10.0 Å². The van der Waals surface area contributed by atoms with Crippen LogP contribution in [0.3, 0.4) is 0 Å². The van der Waals surface area contributed by atoms with E-state index in [-0.39, 0.29) is 24.2 Å². The Morgan fingerprint density at radius 1 is 1.35 bits per heavy atom. The van der Waals surface area contributed by atoms with Gasteiger partial charge >= 0.3 is 5.97 Å². The summed E-state index contributed by atoms with van der Waals surface area (Å²) >= 11 is 0. The minimum absolute atomic E-state index is 0.138. The highest BCUT2D eigenvalue weighted by Gasteiger charge is 2.36. The monoisotopic (exact) mass is 239 g/mol. The molecule has 1 aliphatic heterocycles. The molecule has 4 heteroatoms. The Labute approximate surface area is 102 Å². The first-order valence-corrected chi connectivity index (χ1v) is 6.58. The summed E-state index contributed by atoms with van der Waals surface area (Å²) in [5, 5.41) is 8.79. The van der Waals surface area contributed by atoms with Gasteiger partial charge in [-0.3, -0.25) is 9.59 Å². The predicted molar refractivity (Wildman–Crippen MR) is 63.4 cm³/mol. The number of aliphatic carboxylic acids is 1. The van der Waals surface area contributed by atoms with Crippen molar-refractivity contribution in [3.05, 3.63) is 0 Å². The second-order valence-electron chi connectivity index (χ2n) is 5.52. The van der Waals surface area contributed by atoms with E-state index in [1.165, 1.54) is 12.8 Å². The lowest BCUT2D eigenvalue weighted by molar-refractivity contribution is -0.142. The summed E-state index contributed by atoms with van der Waals surface area (Å²) in [7, 11) is 0. The van der Waals surface area contributed by atoms with Crippen LogP contribution in [0.5, 0.6) is 0 Å². The van der Waals surface area contributed by atoms with E-state index < -0.39 is 5.97 Å². The van der Waals surface area contributed by atoms with Crippen molar-refractivity contribution in [2.75, 3.05) is 13.1 Å². The lowest BCUT2D eigenvalue weighted by atomic mass is 9.93. The zero-order valence-corrected chi connectivity index (χ0v) is 10.4. The van der Waals surface area contributed by atoms with Crippen LogP contribution in [-0.2, 0) is 9.59 Å². The maximum Gasteiger partial charge on any atom is 0.303 e. The lowest BCUT2D eigenvalue weighted by Crippen LogP contribution is -2.43. The van der Waals surface area contributed by atoms with Crippen LogP contribution in [0, 0.1) is 17.8 Å². The van der Waals surface area contributed by atoms with Crippen LogP contribution in [0.2, 0.25) is 0 Å². The van der Waals surface area contributed by atoms with Gasteiger partial charge in [-0.05, 0) is 37.5 Å². The van der Waals surface area contributed by atoms with Gasteiger partial charge in [-0.15, -0.1) is 0 Å².